The van der Waals surface area contributed by atoms with Gasteiger partial charge in [0.15, 0.2) is 0 Å². The van der Waals surface area contributed by atoms with E-state index in [4.69, 9.17) is 5.11 Å². The van der Waals surface area contributed by atoms with E-state index in [9.17, 15) is 14.9 Å². The highest BCUT2D eigenvalue weighted by Gasteiger charge is 2.08. The van der Waals surface area contributed by atoms with Crippen LogP contribution in [-0.4, -0.2) is 27.5 Å². The number of nitrogens with one attached hydrogen (secondary N) is 1. The number of rotatable bonds is 7. The molecule has 0 aliphatic carbocycles. The van der Waals surface area contributed by atoms with Crippen molar-refractivity contribution in [3.05, 3.63) is 28.4 Å². The van der Waals surface area contributed by atoms with Crippen molar-refractivity contribution >= 4 is 17.5 Å². The Morgan fingerprint density at radius 1 is 1.67 bits per heavy atom. The molecule has 0 aromatic carbocycles. The van der Waals surface area contributed by atoms with Gasteiger partial charge in [0, 0.05) is 25.2 Å². The molecular formula is C11H15N3O4. The number of aliphatic carboxylic acids is 1. The summed E-state index contributed by atoms with van der Waals surface area (Å²) in [7, 11) is 0. The molecule has 98 valence electrons. The second kappa shape index (κ2) is 6.53. The first kappa shape index (κ1) is 13.9. The maximum Gasteiger partial charge on any atom is 0.303 e. The Bertz CT molecular complexity index is 436. The zero-order chi connectivity index (χ0) is 13.5. The summed E-state index contributed by atoms with van der Waals surface area (Å²) in [5.41, 5.74) is -0.0225. The lowest BCUT2D eigenvalue weighted by molar-refractivity contribution is -0.384. The van der Waals surface area contributed by atoms with E-state index in [1.807, 2.05) is 6.92 Å². The smallest absolute Gasteiger partial charge is 0.303 e. The fourth-order valence-electron chi connectivity index (χ4n) is 1.38. The van der Waals surface area contributed by atoms with Crippen molar-refractivity contribution in [3.8, 4) is 0 Å². The van der Waals surface area contributed by atoms with Crippen molar-refractivity contribution < 1.29 is 14.8 Å². The fourth-order valence-corrected chi connectivity index (χ4v) is 1.38. The molecule has 1 heterocycles. The van der Waals surface area contributed by atoms with Gasteiger partial charge in [0.05, 0.1) is 11.0 Å². The summed E-state index contributed by atoms with van der Waals surface area (Å²) in [6.45, 7) is 2.44. The Kier molecular flexibility index (Phi) is 5.04. The van der Waals surface area contributed by atoms with Gasteiger partial charge in [0.2, 0.25) is 0 Å². The lowest BCUT2D eigenvalue weighted by atomic mass is 10.1. The molecule has 7 heteroatoms. The van der Waals surface area contributed by atoms with E-state index in [0.29, 0.717) is 18.8 Å². The maximum absolute atomic E-state index is 10.6. The lowest BCUT2D eigenvalue weighted by Crippen LogP contribution is -2.13. The van der Waals surface area contributed by atoms with Gasteiger partial charge in [0.25, 0.3) is 5.69 Å². The van der Waals surface area contributed by atoms with Crippen LogP contribution < -0.4 is 5.32 Å². The van der Waals surface area contributed by atoms with Gasteiger partial charge in [-0.25, -0.2) is 4.98 Å². The van der Waals surface area contributed by atoms with Crippen LogP contribution in [0.3, 0.4) is 0 Å². The average molecular weight is 253 g/mol. The van der Waals surface area contributed by atoms with Gasteiger partial charge in [-0.2, -0.15) is 0 Å². The van der Waals surface area contributed by atoms with Crippen LogP contribution in [0, 0.1) is 16.0 Å². The average Bonchev–Trinajstić information content (AvgIpc) is 2.34. The number of nitro groups is 1. The minimum Gasteiger partial charge on any atom is -0.481 e. The zero-order valence-corrected chi connectivity index (χ0v) is 10.00. The molecule has 2 N–H and O–H groups in total. The van der Waals surface area contributed by atoms with Crippen molar-refractivity contribution in [1.29, 1.82) is 0 Å². The van der Waals surface area contributed by atoms with Crippen LogP contribution in [0.25, 0.3) is 0 Å². The quantitative estimate of drug-likeness (QED) is 0.568. The number of nitrogens with zero attached hydrogens (tertiary/aromatic N) is 2. The highest BCUT2D eigenvalue weighted by molar-refractivity contribution is 5.66. The van der Waals surface area contributed by atoms with Crippen LogP contribution in [-0.2, 0) is 4.79 Å². The van der Waals surface area contributed by atoms with Crippen LogP contribution in [0.15, 0.2) is 18.3 Å². The Balaban J connectivity index is 2.45. The van der Waals surface area contributed by atoms with Crippen LogP contribution in [0.4, 0.5) is 11.5 Å². The molecule has 0 amide bonds. The topological polar surface area (TPSA) is 105 Å². The monoisotopic (exact) mass is 253 g/mol. The van der Waals surface area contributed by atoms with E-state index in [1.54, 1.807) is 0 Å². The second-order valence-electron chi connectivity index (χ2n) is 4.07. The van der Waals surface area contributed by atoms with Gasteiger partial charge in [-0.05, 0) is 12.3 Å². The van der Waals surface area contributed by atoms with E-state index in [2.05, 4.69) is 10.3 Å². The number of hydrogen-bond acceptors (Lipinski definition) is 5. The maximum atomic E-state index is 10.6. The van der Waals surface area contributed by atoms with E-state index < -0.39 is 10.9 Å². The summed E-state index contributed by atoms with van der Waals surface area (Å²) in [5, 5.41) is 22.0. The Hall–Kier alpha value is -2.18. The van der Waals surface area contributed by atoms with Crippen LogP contribution in [0.1, 0.15) is 19.8 Å². The van der Waals surface area contributed by atoms with Crippen molar-refractivity contribution in [3.63, 3.8) is 0 Å². The molecule has 0 fully saturated rings. The molecule has 7 nitrogen and oxygen atoms in total. The highest BCUT2D eigenvalue weighted by atomic mass is 16.6. The second-order valence-corrected chi connectivity index (χ2v) is 4.07. The molecule has 0 bridgehead atoms. The molecule has 18 heavy (non-hydrogen) atoms. The first-order chi connectivity index (χ1) is 8.49. The fraction of sp³-hybridized carbons (Fsp3) is 0.455. The van der Waals surface area contributed by atoms with Crippen molar-refractivity contribution in [1.82, 2.24) is 4.98 Å². The normalized spacial score (nSPS) is 11.8. The molecule has 0 aliphatic rings. The summed E-state index contributed by atoms with van der Waals surface area (Å²) < 4.78 is 0. The third kappa shape index (κ3) is 4.77. The number of pyridine rings is 1. The molecule has 1 unspecified atom stereocenters. The minimum atomic E-state index is -0.824. The van der Waals surface area contributed by atoms with Gasteiger partial charge in [-0.1, -0.05) is 6.92 Å². The van der Waals surface area contributed by atoms with Crippen molar-refractivity contribution in [2.24, 2.45) is 5.92 Å². The van der Waals surface area contributed by atoms with E-state index in [1.165, 1.54) is 18.3 Å². The van der Waals surface area contributed by atoms with E-state index in [0.717, 1.165) is 0 Å². The third-order valence-corrected chi connectivity index (χ3v) is 2.44. The molecule has 1 aromatic rings. The molecule has 0 aliphatic heterocycles. The van der Waals surface area contributed by atoms with Gasteiger partial charge >= 0.3 is 5.97 Å². The summed E-state index contributed by atoms with van der Waals surface area (Å²) in [4.78, 5) is 24.4. The van der Waals surface area contributed by atoms with Crippen molar-refractivity contribution in [2.75, 3.05) is 11.9 Å². The molecular weight excluding hydrogens is 238 g/mol. The predicted octanol–water partition coefficient (Wildman–Crippen LogP) is 1.90. The number of carboxylic acids is 1. The minimum absolute atomic E-state index is 0.0225. The highest BCUT2D eigenvalue weighted by Crippen LogP contribution is 2.15. The van der Waals surface area contributed by atoms with Gasteiger partial charge in [-0.3, -0.25) is 14.9 Å². The van der Waals surface area contributed by atoms with Crippen LogP contribution >= 0.6 is 0 Å². The summed E-state index contributed by atoms with van der Waals surface area (Å²) in [5.74, 6) is -0.246. The molecule has 1 atom stereocenters. The number of anilines is 1. The number of carboxylic acid groups (broad SMARTS) is 1. The van der Waals surface area contributed by atoms with Crippen molar-refractivity contribution in [2.45, 2.75) is 19.8 Å². The standard InChI is InChI=1S/C11H15N3O4/c1-8(2-3-11(15)16)7-13-10-6-9(14(17)18)4-5-12-10/h4-6,8H,2-3,7H2,1H3,(H,12,13)(H,15,16). The summed E-state index contributed by atoms with van der Waals surface area (Å²) in [6.07, 6.45) is 2.03. The van der Waals surface area contributed by atoms with Crippen LogP contribution in [0.2, 0.25) is 0 Å². The number of hydrogen-bond donors (Lipinski definition) is 2. The molecule has 0 spiro atoms. The molecule has 0 saturated heterocycles. The van der Waals surface area contributed by atoms with E-state index in [-0.39, 0.29) is 18.0 Å². The SMILES string of the molecule is CC(CCC(=O)O)CNc1cc([N+](=O)[O-])ccn1. The molecule has 1 aromatic heterocycles. The summed E-state index contributed by atoms with van der Waals surface area (Å²) >= 11 is 0. The van der Waals surface area contributed by atoms with Gasteiger partial charge in [-0.15, -0.1) is 0 Å². The predicted molar refractivity (Wildman–Crippen MR) is 65.4 cm³/mol. The third-order valence-electron chi connectivity index (χ3n) is 2.44. The van der Waals surface area contributed by atoms with Gasteiger partial charge in [0.1, 0.15) is 5.82 Å². The first-order valence-electron chi connectivity index (χ1n) is 5.55. The summed E-state index contributed by atoms with van der Waals surface area (Å²) in [6, 6.07) is 2.67. The molecule has 1 rings (SSSR count). The molecule has 0 radical (unpaired) electrons. The largest absolute Gasteiger partial charge is 0.481 e. The number of aromatic nitrogens is 1. The molecule has 0 saturated carbocycles. The Morgan fingerprint density at radius 3 is 3.00 bits per heavy atom. The van der Waals surface area contributed by atoms with Gasteiger partial charge < -0.3 is 10.4 Å². The number of carbonyl (C=O) groups is 1. The lowest BCUT2D eigenvalue weighted by Gasteiger charge is -2.11. The first-order valence-corrected chi connectivity index (χ1v) is 5.55. The Morgan fingerprint density at radius 2 is 2.39 bits per heavy atom. The Labute approximate surface area is 104 Å². The van der Waals surface area contributed by atoms with E-state index >= 15 is 0 Å². The van der Waals surface area contributed by atoms with Crippen LogP contribution in [0.5, 0.6) is 0 Å². The zero-order valence-electron chi connectivity index (χ0n) is 10.00.